The molecule has 0 unspecified atom stereocenters. The minimum absolute atomic E-state index is 0. The first-order valence-electron chi connectivity index (χ1n) is 25.4. The van der Waals surface area contributed by atoms with Crippen LogP contribution in [-0.2, 0) is 52.9 Å². The second-order valence-electron chi connectivity index (χ2n) is 17.0. The Morgan fingerprint density at radius 3 is 1.13 bits per heavy atom. The van der Waals surface area contributed by atoms with Gasteiger partial charge >= 0.3 is 49.3 Å². The number of aliphatic imine (C=N–C) groups is 4. The molecular formula is C58H66BrClN14Pt2. The zero-order valence-corrected chi connectivity index (χ0v) is 50.3. The number of imidazole rings is 1. The predicted octanol–water partition coefficient (Wildman–Crippen LogP) is 10.9. The van der Waals surface area contributed by atoms with Crippen molar-refractivity contribution in [1.29, 1.82) is 0 Å². The Morgan fingerprint density at radius 1 is 0.487 bits per heavy atom. The summed E-state index contributed by atoms with van der Waals surface area (Å²) < 4.78 is 4.55. The van der Waals surface area contributed by atoms with Gasteiger partial charge < -0.3 is 57.4 Å². The summed E-state index contributed by atoms with van der Waals surface area (Å²) in [5.41, 5.74) is 3.81. The van der Waals surface area contributed by atoms with Crippen molar-refractivity contribution < 1.29 is 61.4 Å². The van der Waals surface area contributed by atoms with Gasteiger partial charge in [-0.15, -0.1) is 0 Å². The molecule has 0 atom stereocenters. The molecule has 0 bridgehead atoms. The molecule has 0 saturated carbocycles. The maximum atomic E-state index is 4.61. The van der Waals surface area contributed by atoms with Crippen molar-refractivity contribution in [3.8, 4) is 0 Å². The fourth-order valence-corrected chi connectivity index (χ4v) is 7.41. The molecule has 0 N–H and O–H groups in total. The van der Waals surface area contributed by atoms with E-state index >= 15 is 0 Å². The van der Waals surface area contributed by atoms with E-state index in [1.807, 2.05) is 121 Å². The Kier molecular flexibility index (Phi) is 29.7. The zero-order valence-electron chi connectivity index (χ0n) is 43.5. The van der Waals surface area contributed by atoms with Crippen LogP contribution < -0.4 is 21.5 Å². The number of benzene rings is 2. The van der Waals surface area contributed by atoms with Gasteiger partial charge in [-0.3, -0.25) is 19.9 Å². The van der Waals surface area contributed by atoms with E-state index in [4.69, 9.17) is 0 Å². The van der Waals surface area contributed by atoms with E-state index < -0.39 is 0 Å². The van der Waals surface area contributed by atoms with Crippen LogP contribution in [0.15, 0.2) is 197 Å². The van der Waals surface area contributed by atoms with Gasteiger partial charge in [-0.05, 0) is 122 Å². The fourth-order valence-electron chi connectivity index (χ4n) is 7.41. The molecule has 8 heterocycles. The Morgan fingerprint density at radius 2 is 0.816 bits per heavy atom. The molecule has 18 heteroatoms. The van der Waals surface area contributed by atoms with Crippen LogP contribution in [0.3, 0.4) is 0 Å². The number of pyridine rings is 4. The number of halogens is 2. The van der Waals surface area contributed by atoms with Crippen LogP contribution in [0.25, 0.3) is 10.6 Å². The SMILES string of the molecule is CCCCN1C=CN(CCCC)[CH-]1.CCCCn1cc[n+](CCCC)c1.[Br-].[Cl][Pt+].[Pt+2].c1ccc(N=C2[N-]C(=Nc3ccccn3)c3ccccc32)nc1.c1ccc(N=C2[N-]C(=Nc3ccccn3)c3ccccc32)nc1. The molecule has 14 nitrogen and oxygen atoms in total. The van der Waals surface area contributed by atoms with Gasteiger partial charge in [0.25, 0.3) is 0 Å². The molecule has 0 saturated heterocycles. The van der Waals surface area contributed by atoms with Crippen LogP contribution in [-0.4, -0.2) is 70.7 Å². The predicted molar refractivity (Wildman–Crippen MR) is 298 cm³/mol. The molecule has 3 aliphatic rings. The normalized spacial score (nSPS) is 14.5. The molecule has 402 valence electrons. The van der Waals surface area contributed by atoms with Gasteiger partial charge in [-0.1, -0.05) is 126 Å². The Bertz CT molecular complexity index is 2530. The zero-order chi connectivity index (χ0) is 52.0. The Hall–Kier alpha value is -5.98. The summed E-state index contributed by atoms with van der Waals surface area (Å²) in [7, 11) is 4.61. The van der Waals surface area contributed by atoms with Crippen molar-refractivity contribution in [3.63, 3.8) is 0 Å². The maximum absolute atomic E-state index is 4.61. The van der Waals surface area contributed by atoms with E-state index in [0.717, 1.165) is 48.4 Å². The van der Waals surface area contributed by atoms with Crippen LogP contribution in [0.2, 0.25) is 0 Å². The van der Waals surface area contributed by atoms with E-state index in [0.29, 0.717) is 46.6 Å². The molecular weight excluding hydrogens is 1400 g/mol. The number of unbranched alkanes of at least 4 members (excludes halogenated alkanes) is 4. The molecule has 10 rings (SSSR count). The van der Waals surface area contributed by atoms with Crippen molar-refractivity contribution >= 4 is 56.0 Å². The molecule has 0 spiro atoms. The summed E-state index contributed by atoms with van der Waals surface area (Å²) in [6.07, 6.45) is 28.0. The van der Waals surface area contributed by atoms with E-state index in [9.17, 15) is 0 Å². The molecule has 0 aliphatic carbocycles. The van der Waals surface area contributed by atoms with Crippen molar-refractivity contribution in [2.24, 2.45) is 20.0 Å². The number of hydrogen-bond acceptors (Lipinski definition) is 10. The van der Waals surface area contributed by atoms with Gasteiger partial charge in [-0.2, -0.15) is 6.67 Å². The van der Waals surface area contributed by atoms with Crippen LogP contribution in [0.4, 0.5) is 23.3 Å². The van der Waals surface area contributed by atoms with Gasteiger partial charge in [-0.25, -0.2) is 9.13 Å². The average molecular weight is 1460 g/mol. The van der Waals surface area contributed by atoms with Crippen LogP contribution in [0.1, 0.15) is 101 Å². The monoisotopic (exact) mass is 1460 g/mol. The third kappa shape index (κ3) is 20.5. The van der Waals surface area contributed by atoms with Crippen LogP contribution in [0, 0.1) is 6.67 Å². The molecule has 2 aromatic carbocycles. The molecule has 76 heavy (non-hydrogen) atoms. The molecule has 0 radical (unpaired) electrons. The Balaban J connectivity index is 0.000000222. The summed E-state index contributed by atoms with van der Waals surface area (Å²) in [4.78, 5) is 39.6. The molecule has 7 aromatic rings. The van der Waals surface area contributed by atoms with E-state index in [-0.39, 0.29) is 38.0 Å². The molecule has 0 fully saturated rings. The topological polar surface area (TPSA) is 144 Å². The second-order valence-corrected chi connectivity index (χ2v) is 17.0. The van der Waals surface area contributed by atoms with Crippen LogP contribution >= 0.6 is 9.42 Å². The summed E-state index contributed by atoms with van der Waals surface area (Å²) in [6, 6.07) is 38.2. The van der Waals surface area contributed by atoms with Crippen molar-refractivity contribution in [2.45, 2.75) is 92.2 Å². The first-order chi connectivity index (χ1) is 36.5. The third-order valence-corrected chi connectivity index (χ3v) is 11.3. The molecule has 3 aliphatic heterocycles. The second kappa shape index (κ2) is 36.1. The van der Waals surface area contributed by atoms with Gasteiger partial charge in [0.2, 0.25) is 6.33 Å². The summed E-state index contributed by atoms with van der Waals surface area (Å²) >= 11 is 1.61. The standard InChI is InChI=1S/2C18H12N5.2C11H21N2.BrH.ClH.2Pt/c2*1-2-8-14-13(7-1)17(21-15-9-3-5-11-19-15)23-18(14)22-16-10-4-6-12-20-16;2*1-3-5-7-12-9-10-13(11-12)8-6-4-2;;;;/h2*1-12H;2*9-11H,3-8H2,1-2H3;2*1H;;/q3*-1;+1;;;2*+2/p-2. The summed E-state index contributed by atoms with van der Waals surface area (Å²) in [5, 5.41) is 9.13. The minimum atomic E-state index is 0. The van der Waals surface area contributed by atoms with Gasteiger partial charge in [0.1, 0.15) is 12.4 Å². The first-order valence-corrected chi connectivity index (χ1v) is 28.2. The number of hydrogen-bond donors (Lipinski definition) is 0. The fraction of sp³-hybridized carbons (Fsp3) is 0.276. The van der Waals surface area contributed by atoms with E-state index in [1.165, 1.54) is 51.4 Å². The average Bonchev–Trinajstić information content (AvgIpc) is 4.27. The summed E-state index contributed by atoms with van der Waals surface area (Å²) in [6.45, 7) is 15.8. The summed E-state index contributed by atoms with van der Waals surface area (Å²) in [5.74, 6) is 4.98. The van der Waals surface area contributed by atoms with Crippen LogP contribution in [0.5, 0.6) is 0 Å². The molecule has 5 aromatic heterocycles. The van der Waals surface area contributed by atoms with Crippen molar-refractivity contribution in [3.05, 3.63) is 217 Å². The van der Waals surface area contributed by atoms with Crippen molar-refractivity contribution in [2.75, 3.05) is 13.1 Å². The number of amidine groups is 4. The number of aromatic nitrogens is 6. The van der Waals surface area contributed by atoms with Gasteiger partial charge in [0.05, 0.1) is 36.4 Å². The number of rotatable bonds is 16. The number of fused-ring (bicyclic) bond motifs is 2. The van der Waals surface area contributed by atoms with E-state index in [2.05, 4.69) is 144 Å². The minimum Gasteiger partial charge on any atom is -0.357 e. The first kappa shape index (κ1) is 62.6. The number of aryl methyl sites for hydroxylation is 2. The quantitative estimate of drug-likeness (QED) is 0.0696. The molecule has 0 amide bonds. The smallest absolute Gasteiger partial charge is 0.357 e. The maximum Gasteiger partial charge on any atom is 2.00 e. The number of nitrogens with zero attached hydrogens (tertiary/aromatic N) is 14. The van der Waals surface area contributed by atoms with Gasteiger partial charge in [0.15, 0.2) is 0 Å². The Labute approximate surface area is 490 Å². The third-order valence-electron chi connectivity index (χ3n) is 11.3. The van der Waals surface area contributed by atoms with Crippen molar-refractivity contribution in [1.82, 2.24) is 34.3 Å². The largest absolute Gasteiger partial charge is 2.00 e. The van der Waals surface area contributed by atoms with Gasteiger partial charge in [0, 0.05) is 48.1 Å². The van der Waals surface area contributed by atoms with E-state index in [1.54, 1.807) is 43.6 Å².